The van der Waals surface area contributed by atoms with Gasteiger partial charge in [-0.15, -0.1) is 0 Å². The van der Waals surface area contributed by atoms with E-state index in [1.165, 1.54) is 12.1 Å². The number of rotatable bonds is 2. The smallest absolute Gasteiger partial charge is 0.196 e. The topological polar surface area (TPSA) is 17.1 Å². The van der Waals surface area contributed by atoms with E-state index in [2.05, 4.69) is 0 Å². The Hall–Kier alpha value is -1.45. The van der Waals surface area contributed by atoms with Crippen LogP contribution in [0.2, 0.25) is 10.0 Å². The van der Waals surface area contributed by atoms with E-state index in [0.717, 1.165) is 17.7 Å². The van der Waals surface area contributed by atoms with Gasteiger partial charge in [0.2, 0.25) is 0 Å². The van der Waals surface area contributed by atoms with Crippen LogP contribution in [0.15, 0.2) is 30.3 Å². The lowest BCUT2D eigenvalue weighted by Crippen LogP contribution is -2.05. The van der Waals surface area contributed by atoms with E-state index >= 15 is 0 Å². The van der Waals surface area contributed by atoms with Crippen molar-refractivity contribution in [3.8, 4) is 0 Å². The second-order valence-electron chi connectivity index (χ2n) is 4.04. The standard InChI is InChI=1S/C14H8Cl2F2O/c1-7-2-3-8(4-10(7)15)14(19)9-5-13(18)11(16)6-12(9)17/h2-6H,1H3. The summed E-state index contributed by atoms with van der Waals surface area (Å²) in [6.07, 6.45) is 0. The van der Waals surface area contributed by atoms with Crippen molar-refractivity contribution in [1.82, 2.24) is 0 Å². The first-order valence-corrected chi connectivity index (χ1v) is 6.11. The van der Waals surface area contributed by atoms with Crippen LogP contribution >= 0.6 is 23.2 Å². The normalized spacial score (nSPS) is 10.6. The van der Waals surface area contributed by atoms with Crippen molar-refractivity contribution in [3.63, 3.8) is 0 Å². The maximum atomic E-state index is 13.6. The van der Waals surface area contributed by atoms with E-state index in [1.807, 2.05) is 0 Å². The van der Waals surface area contributed by atoms with E-state index in [9.17, 15) is 13.6 Å². The fraction of sp³-hybridized carbons (Fsp3) is 0.0714. The Balaban J connectivity index is 2.49. The molecular formula is C14H8Cl2F2O. The van der Waals surface area contributed by atoms with Crippen LogP contribution in [0.3, 0.4) is 0 Å². The lowest BCUT2D eigenvalue weighted by molar-refractivity contribution is 0.103. The van der Waals surface area contributed by atoms with Gasteiger partial charge in [-0.2, -0.15) is 0 Å². The van der Waals surface area contributed by atoms with Crippen LogP contribution < -0.4 is 0 Å². The molecule has 1 nitrogen and oxygen atoms in total. The molecule has 0 atom stereocenters. The molecule has 2 aromatic rings. The van der Waals surface area contributed by atoms with Crippen LogP contribution in [0.4, 0.5) is 8.78 Å². The third-order valence-electron chi connectivity index (χ3n) is 2.69. The molecule has 0 aliphatic heterocycles. The molecule has 5 heteroatoms. The number of benzene rings is 2. The highest BCUT2D eigenvalue weighted by Crippen LogP contribution is 2.23. The Bertz CT molecular complexity index is 669. The van der Waals surface area contributed by atoms with Gasteiger partial charge in [0.15, 0.2) is 5.78 Å². The van der Waals surface area contributed by atoms with Gasteiger partial charge >= 0.3 is 0 Å². The molecule has 0 amide bonds. The van der Waals surface area contributed by atoms with Gasteiger partial charge < -0.3 is 0 Å². The van der Waals surface area contributed by atoms with Crippen molar-refractivity contribution >= 4 is 29.0 Å². The van der Waals surface area contributed by atoms with Gasteiger partial charge in [0.05, 0.1) is 10.6 Å². The summed E-state index contributed by atoms with van der Waals surface area (Å²) >= 11 is 11.3. The molecule has 0 radical (unpaired) electrons. The van der Waals surface area contributed by atoms with Crippen LogP contribution in [0.25, 0.3) is 0 Å². The summed E-state index contributed by atoms with van der Waals surface area (Å²) in [5.74, 6) is -2.35. The maximum Gasteiger partial charge on any atom is 0.196 e. The summed E-state index contributed by atoms with van der Waals surface area (Å²) in [6.45, 7) is 1.78. The fourth-order valence-electron chi connectivity index (χ4n) is 1.59. The minimum atomic E-state index is -0.868. The van der Waals surface area contributed by atoms with Crippen LogP contribution in [-0.4, -0.2) is 5.78 Å². The second kappa shape index (κ2) is 5.27. The molecule has 0 saturated carbocycles. The number of carbonyl (C=O) groups is 1. The predicted molar refractivity (Wildman–Crippen MR) is 71.0 cm³/mol. The predicted octanol–water partition coefficient (Wildman–Crippen LogP) is 4.81. The van der Waals surface area contributed by atoms with Crippen molar-refractivity contribution in [2.45, 2.75) is 6.92 Å². The molecule has 2 aromatic carbocycles. The van der Waals surface area contributed by atoms with Gasteiger partial charge in [-0.3, -0.25) is 4.79 Å². The van der Waals surface area contributed by atoms with Crippen molar-refractivity contribution in [2.24, 2.45) is 0 Å². The third kappa shape index (κ3) is 2.77. The monoisotopic (exact) mass is 300 g/mol. The zero-order chi connectivity index (χ0) is 14.2. The molecule has 0 bridgehead atoms. The number of aryl methyl sites for hydroxylation is 1. The van der Waals surface area contributed by atoms with E-state index in [0.29, 0.717) is 5.02 Å². The first kappa shape index (κ1) is 14.0. The third-order valence-corrected chi connectivity index (χ3v) is 3.39. The number of ketones is 1. The Labute approximate surface area is 118 Å². The highest BCUT2D eigenvalue weighted by molar-refractivity contribution is 6.32. The first-order valence-electron chi connectivity index (χ1n) is 5.35. The van der Waals surface area contributed by atoms with Gasteiger partial charge in [0, 0.05) is 10.6 Å². The lowest BCUT2D eigenvalue weighted by Gasteiger charge is -2.06. The van der Waals surface area contributed by atoms with Crippen molar-refractivity contribution in [3.05, 3.63) is 68.7 Å². The Morgan fingerprint density at radius 2 is 1.68 bits per heavy atom. The van der Waals surface area contributed by atoms with Gasteiger partial charge in [-0.1, -0.05) is 35.3 Å². The van der Waals surface area contributed by atoms with Gasteiger partial charge in [-0.05, 0) is 30.7 Å². The van der Waals surface area contributed by atoms with Crippen LogP contribution in [0.1, 0.15) is 21.5 Å². The van der Waals surface area contributed by atoms with Gasteiger partial charge in [-0.25, -0.2) is 8.78 Å². The summed E-state index contributed by atoms with van der Waals surface area (Å²) in [5, 5.41) is 0.0247. The van der Waals surface area contributed by atoms with E-state index in [1.54, 1.807) is 13.0 Å². The lowest BCUT2D eigenvalue weighted by atomic mass is 10.0. The summed E-state index contributed by atoms with van der Waals surface area (Å²) in [5.41, 5.74) is 0.610. The highest BCUT2D eigenvalue weighted by Gasteiger charge is 2.17. The largest absolute Gasteiger partial charge is 0.288 e. The maximum absolute atomic E-state index is 13.6. The molecule has 0 spiro atoms. The first-order chi connectivity index (χ1) is 8.90. The van der Waals surface area contributed by atoms with Crippen molar-refractivity contribution in [2.75, 3.05) is 0 Å². The Morgan fingerprint density at radius 3 is 2.32 bits per heavy atom. The summed E-state index contributed by atoms with van der Waals surface area (Å²) in [7, 11) is 0. The van der Waals surface area contributed by atoms with E-state index < -0.39 is 17.4 Å². The highest BCUT2D eigenvalue weighted by atomic mass is 35.5. The van der Waals surface area contributed by atoms with Crippen LogP contribution in [0.5, 0.6) is 0 Å². The number of hydrogen-bond acceptors (Lipinski definition) is 1. The zero-order valence-corrected chi connectivity index (χ0v) is 11.3. The Morgan fingerprint density at radius 1 is 1.00 bits per heavy atom. The Kier molecular flexibility index (Phi) is 3.88. The fourth-order valence-corrected chi connectivity index (χ4v) is 1.92. The van der Waals surface area contributed by atoms with Crippen molar-refractivity contribution in [1.29, 1.82) is 0 Å². The van der Waals surface area contributed by atoms with Gasteiger partial charge in [0.25, 0.3) is 0 Å². The summed E-state index contributed by atoms with van der Waals surface area (Å²) in [4.78, 5) is 12.1. The zero-order valence-electron chi connectivity index (χ0n) is 9.81. The number of carbonyl (C=O) groups excluding carboxylic acids is 1. The molecule has 0 saturated heterocycles. The molecule has 0 aliphatic rings. The molecule has 0 unspecified atom stereocenters. The average molecular weight is 301 g/mol. The van der Waals surface area contributed by atoms with Crippen LogP contribution in [0, 0.1) is 18.6 Å². The molecule has 2 rings (SSSR count). The quantitative estimate of drug-likeness (QED) is 0.574. The molecule has 0 N–H and O–H groups in total. The molecule has 0 fully saturated rings. The van der Waals surface area contributed by atoms with E-state index in [-0.39, 0.29) is 16.1 Å². The SMILES string of the molecule is Cc1ccc(C(=O)c2cc(F)c(Cl)cc2F)cc1Cl. The molecule has 98 valence electrons. The minimum absolute atomic E-state index is 0.191. The molecule has 0 aromatic heterocycles. The van der Waals surface area contributed by atoms with Crippen molar-refractivity contribution < 1.29 is 13.6 Å². The van der Waals surface area contributed by atoms with Gasteiger partial charge in [0.1, 0.15) is 11.6 Å². The molecular weight excluding hydrogens is 293 g/mol. The van der Waals surface area contributed by atoms with Crippen LogP contribution in [-0.2, 0) is 0 Å². The number of halogens is 4. The summed E-state index contributed by atoms with van der Waals surface area (Å²) < 4.78 is 26.9. The number of hydrogen-bond donors (Lipinski definition) is 0. The summed E-state index contributed by atoms with van der Waals surface area (Å²) in [6, 6.07) is 6.13. The minimum Gasteiger partial charge on any atom is -0.288 e. The molecule has 0 aliphatic carbocycles. The molecule has 19 heavy (non-hydrogen) atoms. The van der Waals surface area contributed by atoms with E-state index in [4.69, 9.17) is 23.2 Å². The molecule has 0 heterocycles. The second-order valence-corrected chi connectivity index (χ2v) is 4.85. The average Bonchev–Trinajstić information content (AvgIpc) is 2.36.